The third kappa shape index (κ3) is 8.14. The molecule has 4 unspecified atom stereocenters. The van der Waals surface area contributed by atoms with Gasteiger partial charge in [-0.1, -0.05) is 76.0 Å². The molecule has 10 atom stereocenters. The topological polar surface area (TPSA) is 236 Å². The Labute approximate surface area is 247 Å². The van der Waals surface area contributed by atoms with E-state index in [1.165, 1.54) is 0 Å². The molecule has 0 amide bonds. The van der Waals surface area contributed by atoms with Crippen LogP contribution in [0, 0.1) is 0 Å². The van der Waals surface area contributed by atoms with E-state index in [4.69, 9.17) is 30.0 Å². The molecule has 1 aliphatic carbocycles. The Balaban J connectivity index is 1.67. The molecule has 0 spiro atoms. The van der Waals surface area contributed by atoms with Crippen LogP contribution in [0.15, 0.2) is 76.0 Å². The molecule has 1 saturated carbocycles. The van der Waals surface area contributed by atoms with Gasteiger partial charge in [-0.15, -0.1) is 0 Å². The first-order valence-electron chi connectivity index (χ1n) is 13.7. The molecule has 0 bridgehead atoms. The van der Waals surface area contributed by atoms with Crippen molar-refractivity contribution >= 4 is 0 Å². The molecule has 4 rings (SSSR count). The van der Waals surface area contributed by atoms with Gasteiger partial charge in [0.1, 0.15) is 30.5 Å². The lowest BCUT2D eigenvalue weighted by molar-refractivity contribution is -0.301. The van der Waals surface area contributed by atoms with Crippen LogP contribution < -0.4 is 5.32 Å². The van der Waals surface area contributed by atoms with Crippen LogP contribution >= 0.6 is 0 Å². The Kier molecular flexibility index (Phi) is 12.0. The number of azide groups is 3. The maximum absolute atomic E-state index is 11.0. The predicted octanol–water partition coefficient (Wildman–Crippen LogP) is 3.65. The molecule has 1 saturated heterocycles. The highest BCUT2D eigenvalue weighted by molar-refractivity contribution is 5.15. The van der Waals surface area contributed by atoms with Crippen LogP contribution in [0.1, 0.15) is 17.5 Å². The summed E-state index contributed by atoms with van der Waals surface area (Å²) in [4.78, 5) is 8.66. The third-order valence-corrected chi connectivity index (χ3v) is 7.53. The second-order valence-electron chi connectivity index (χ2n) is 10.2. The van der Waals surface area contributed by atoms with Crippen LogP contribution in [0.4, 0.5) is 0 Å². The highest BCUT2D eigenvalue weighted by atomic mass is 16.7. The second-order valence-corrected chi connectivity index (χ2v) is 10.2. The Morgan fingerprint density at radius 1 is 0.837 bits per heavy atom. The Morgan fingerprint density at radius 2 is 1.44 bits per heavy atom. The summed E-state index contributed by atoms with van der Waals surface area (Å²) in [6.07, 6.45) is -7.81. The van der Waals surface area contributed by atoms with E-state index in [0.29, 0.717) is 0 Å². The van der Waals surface area contributed by atoms with Gasteiger partial charge >= 0.3 is 0 Å². The molecule has 2 aliphatic rings. The molecule has 16 nitrogen and oxygen atoms in total. The van der Waals surface area contributed by atoms with Crippen molar-refractivity contribution in [2.24, 2.45) is 15.3 Å². The summed E-state index contributed by atoms with van der Waals surface area (Å²) >= 11 is 0. The van der Waals surface area contributed by atoms with E-state index in [2.05, 4.69) is 35.4 Å². The highest BCUT2D eigenvalue weighted by Crippen LogP contribution is 2.34. The van der Waals surface area contributed by atoms with Gasteiger partial charge in [0.15, 0.2) is 6.29 Å². The van der Waals surface area contributed by atoms with Gasteiger partial charge in [-0.25, -0.2) is 0 Å². The van der Waals surface area contributed by atoms with Gasteiger partial charge in [-0.2, -0.15) is 0 Å². The van der Waals surface area contributed by atoms with Crippen molar-refractivity contribution in [3.05, 3.63) is 103 Å². The number of benzene rings is 2. The number of rotatable bonds is 13. The van der Waals surface area contributed by atoms with E-state index in [1.54, 1.807) is 7.05 Å². The number of likely N-dealkylation sites (N-methyl/N-ethyl adjacent to an activating group) is 1. The first-order chi connectivity index (χ1) is 21.0. The first kappa shape index (κ1) is 32.0. The average molecular weight is 595 g/mol. The van der Waals surface area contributed by atoms with Gasteiger partial charge < -0.3 is 34.5 Å². The molecule has 2 fully saturated rings. The minimum absolute atomic E-state index is 0.132. The monoisotopic (exact) mass is 594 g/mol. The van der Waals surface area contributed by atoms with Gasteiger partial charge in [0.05, 0.1) is 38.0 Å². The molecule has 3 N–H and O–H groups in total. The van der Waals surface area contributed by atoms with Crippen molar-refractivity contribution in [1.29, 1.82) is 0 Å². The Hall–Kier alpha value is -3.91. The van der Waals surface area contributed by atoms with Crippen LogP contribution in [-0.2, 0) is 32.2 Å². The standard InChI is InChI=1S/C27H34N10O6/c1-31-19-12-18(33-36-29)22(38)23(39)24(19)43-27-21(34-37-30)26(41-15-17-10-6-3-7-11-17)25(20(42-27)13-32-35-28)40-14-16-8-4-2-5-9-16/h2-11,18-27,31,38-39H,12-15H2,1H3/t18-,19?,20?,21?,22?,23-,24-,25-,26+,27-/m1/s1. The zero-order chi connectivity index (χ0) is 30.6. The van der Waals surface area contributed by atoms with Gasteiger partial charge in [0.2, 0.25) is 0 Å². The Bertz CT molecular complexity index is 1300. The number of nitrogens with zero attached hydrogens (tertiary/aromatic N) is 9. The molecule has 43 heavy (non-hydrogen) atoms. The van der Waals surface area contributed by atoms with Crippen molar-refractivity contribution in [2.75, 3.05) is 13.6 Å². The molecule has 16 heteroatoms. The highest BCUT2D eigenvalue weighted by Gasteiger charge is 2.51. The predicted molar refractivity (Wildman–Crippen MR) is 153 cm³/mol. The van der Waals surface area contributed by atoms with Crippen molar-refractivity contribution in [3.8, 4) is 0 Å². The fourth-order valence-electron chi connectivity index (χ4n) is 5.36. The average Bonchev–Trinajstić information content (AvgIpc) is 3.04. The zero-order valence-corrected chi connectivity index (χ0v) is 23.4. The number of ether oxygens (including phenoxy) is 4. The van der Waals surface area contributed by atoms with Crippen molar-refractivity contribution in [1.82, 2.24) is 5.32 Å². The summed E-state index contributed by atoms with van der Waals surface area (Å²) in [6.45, 7) is 0.138. The van der Waals surface area contributed by atoms with Gasteiger partial charge in [0, 0.05) is 20.8 Å². The summed E-state index contributed by atoms with van der Waals surface area (Å²) in [6, 6.07) is 16.2. The summed E-state index contributed by atoms with van der Waals surface area (Å²) in [5, 5.41) is 35.9. The molecule has 228 valence electrons. The summed E-state index contributed by atoms with van der Waals surface area (Å²) in [5.41, 5.74) is 29.3. The first-order valence-corrected chi connectivity index (χ1v) is 13.7. The van der Waals surface area contributed by atoms with Gasteiger partial charge in [0.25, 0.3) is 0 Å². The molecule has 1 aliphatic heterocycles. The van der Waals surface area contributed by atoms with Crippen molar-refractivity contribution < 1.29 is 29.2 Å². The summed E-state index contributed by atoms with van der Waals surface area (Å²) in [5.74, 6) is 0. The lowest BCUT2D eigenvalue weighted by atomic mass is 9.84. The summed E-state index contributed by atoms with van der Waals surface area (Å²) < 4.78 is 25.1. The number of aliphatic hydroxyl groups is 2. The number of nitrogens with one attached hydrogen (secondary N) is 1. The lowest BCUT2D eigenvalue weighted by Gasteiger charge is -2.48. The van der Waals surface area contributed by atoms with E-state index < -0.39 is 61.0 Å². The number of hydrogen-bond acceptors (Lipinski definition) is 10. The SMILES string of the molecule is CNC1C[C@@H](N=[N+]=[N-])C(O)[C@@H](O)[C@@H]1O[C@H]1OC(CN=[N+]=[N-])[C@@H](OCc2ccccc2)[C@@H](OCc2ccccc2)C1N=[N+]=[N-]. The summed E-state index contributed by atoms with van der Waals surface area (Å²) in [7, 11) is 1.63. The maximum atomic E-state index is 11.0. The quantitative estimate of drug-likeness (QED) is 0.176. The molecule has 2 aromatic carbocycles. The normalized spacial score (nSPS) is 32.1. The molecular weight excluding hydrogens is 560 g/mol. The second kappa shape index (κ2) is 16.1. The minimum Gasteiger partial charge on any atom is -0.390 e. The van der Waals surface area contributed by atoms with E-state index in [1.807, 2.05) is 60.7 Å². The smallest absolute Gasteiger partial charge is 0.169 e. The van der Waals surface area contributed by atoms with Crippen LogP contribution in [0.25, 0.3) is 31.3 Å². The largest absolute Gasteiger partial charge is 0.390 e. The van der Waals surface area contributed by atoms with Gasteiger partial charge in [-0.05, 0) is 41.2 Å². The zero-order valence-electron chi connectivity index (χ0n) is 23.4. The van der Waals surface area contributed by atoms with Crippen LogP contribution in [-0.4, -0.2) is 84.8 Å². The molecular formula is C27H34N10O6. The number of hydrogen-bond donors (Lipinski definition) is 3. The van der Waals surface area contributed by atoms with E-state index in [9.17, 15) is 15.7 Å². The molecule has 0 aromatic heterocycles. The van der Waals surface area contributed by atoms with E-state index >= 15 is 0 Å². The van der Waals surface area contributed by atoms with E-state index in [-0.39, 0.29) is 26.2 Å². The van der Waals surface area contributed by atoms with Gasteiger partial charge in [-0.3, -0.25) is 0 Å². The maximum Gasteiger partial charge on any atom is 0.169 e. The van der Waals surface area contributed by atoms with Crippen molar-refractivity contribution in [2.45, 2.75) is 80.7 Å². The molecule has 0 radical (unpaired) electrons. The third-order valence-electron chi connectivity index (χ3n) is 7.53. The van der Waals surface area contributed by atoms with E-state index in [0.717, 1.165) is 11.1 Å². The molecule has 1 heterocycles. The van der Waals surface area contributed by atoms with Crippen molar-refractivity contribution in [3.63, 3.8) is 0 Å². The fourth-order valence-corrected chi connectivity index (χ4v) is 5.36. The number of aliphatic hydroxyl groups excluding tert-OH is 2. The fraction of sp³-hybridized carbons (Fsp3) is 0.556. The Morgan fingerprint density at radius 3 is 2.00 bits per heavy atom. The van der Waals surface area contributed by atoms with Crippen LogP contribution in [0.5, 0.6) is 0 Å². The van der Waals surface area contributed by atoms with Crippen LogP contribution in [0.2, 0.25) is 0 Å². The molecule has 2 aromatic rings. The van der Waals surface area contributed by atoms with Crippen LogP contribution in [0.3, 0.4) is 0 Å². The minimum atomic E-state index is -1.48. The lowest BCUT2D eigenvalue weighted by Crippen LogP contribution is -2.65.